The molecule has 1 aliphatic heterocycles. The lowest BCUT2D eigenvalue weighted by Crippen LogP contribution is -2.54. The van der Waals surface area contributed by atoms with Crippen LogP contribution in [0.1, 0.15) is 51.2 Å². The number of nitrogens with zero attached hydrogens (tertiary/aromatic N) is 1. The molecule has 2 atom stereocenters. The predicted molar refractivity (Wildman–Crippen MR) is 135 cm³/mol. The number of ether oxygens (including phenoxy) is 2. The Hall–Kier alpha value is -3.55. The van der Waals surface area contributed by atoms with Crippen LogP contribution >= 0.6 is 0 Å². The minimum atomic E-state index is -0.915. The number of benzene rings is 2. The third kappa shape index (κ3) is 5.64. The van der Waals surface area contributed by atoms with Crippen molar-refractivity contribution in [3.8, 4) is 11.5 Å². The van der Waals surface area contributed by atoms with E-state index in [1.807, 2.05) is 36.4 Å². The summed E-state index contributed by atoms with van der Waals surface area (Å²) in [5, 5.41) is 5.71. The minimum absolute atomic E-state index is 0.0606. The van der Waals surface area contributed by atoms with Gasteiger partial charge in [0.2, 0.25) is 5.91 Å². The summed E-state index contributed by atoms with van der Waals surface area (Å²) in [6.45, 7) is 6.67. The SMILES string of the molecule is COc1cc(CNC(=O)CN2C(=O)NC3(CC(C)CC(C)(C)C3)C2=O)ccc1OCc1ccccc1. The fourth-order valence-corrected chi connectivity index (χ4v) is 5.73. The molecule has 1 saturated heterocycles. The Labute approximate surface area is 212 Å². The summed E-state index contributed by atoms with van der Waals surface area (Å²) in [6.07, 6.45) is 2.17. The van der Waals surface area contributed by atoms with Crippen LogP contribution < -0.4 is 20.1 Å². The number of hydrogen-bond acceptors (Lipinski definition) is 5. The van der Waals surface area contributed by atoms with E-state index in [0.29, 0.717) is 36.9 Å². The molecule has 1 aliphatic carbocycles. The van der Waals surface area contributed by atoms with Gasteiger partial charge in [0.05, 0.1) is 7.11 Å². The van der Waals surface area contributed by atoms with Crippen molar-refractivity contribution >= 4 is 17.8 Å². The molecule has 2 aromatic rings. The van der Waals surface area contributed by atoms with Crippen molar-refractivity contribution in [3.05, 3.63) is 59.7 Å². The largest absolute Gasteiger partial charge is 0.493 e. The van der Waals surface area contributed by atoms with Gasteiger partial charge in [-0.05, 0) is 53.9 Å². The lowest BCUT2D eigenvalue weighted by molar-refractivity contribution is -0.137. The monoisotopic (exact) mass is 493 g/mol. The Morgan fingerprint density at radius 3 is 2.53 bits per heavy atom. The smallest absolute Gasteiger partial charge is 0.325 e. The minimum Gasteiger partial charge on any atom is -0.493 e. The number of urea groups is 1. The van der Waals surface area contributed by atoms with Crippen molar-refractivity contribution in [1.82, 2.24) is 15.5 Å². The standard InChI is InChI=1S/C28H35N3O5/c1-19-13-27(2,3)18-28(14-19)25(33)31(26(34)30-28)16-24(32)29-15-21-10-11-22(23(12-21)35-4)36-17-20-8-6-5-7-9-20/h5-12,19H,13-18H2,1-4H3,(H,29,32)(H,30,34). The van der Waals surface area contributed by atoms with Gasteiger partial charge in [0.1, 0.15) is 18.7 Å². The first kappa shape index (κ1) is 25.5. The topological polar surface area (TPSA) is 97.0 Å². The molecule has 8 heteroatoms. The highest BCUT2D eigenvalue weighted by Gasteiger charge is 2.56. The summed E-state index contributed by atoms with van der Waals surface area (Å²) < 4.78 is 11.3. The predicted octanol–water partition coefficient (Wildman–Crippen LogP) is 4.03. The van der Waals surface area contributed by atoms with E-state index in [0.717, 1.165) is 22.4 Å². The van der Waals surface area contributed by atoms with Gasteiger partial charge in [0, 0.05) is 6.54 Å². The van der Waals surface area contributed by atoms with Crippen LogP contribution in [0, 0.1) is 11.3 Å². The molecule has 2 aromatic carbocycles. The molecule has 192 valence electrons. The summed E-state index contributed by atoms with van der Waals surface area (Å²) in [5.74, 6) is 0.765. The molecule has 4 rings (SSSR count). The van der Waals surface area contributed by atoms with Crippen molar-refractivity contribution in [2.75, 3.05) is 13.7 Å². The first-order valence-corrected chi connectivity index (χ1v) is 12.4. The molecule has 2 fully saturated rings. The first-order chi connectivity index (χ1) is 17.1. The first-order valence-electron chi connectivity index (χ1n) is 12.4. The van der Waals surface area contributed by atoms with Gasteiger partial charge in [-0.15, -0.1) is 0 Å². The van der Waals surface area contributed by atoms with Gasteiger partial charge >= 0.3 is 6.03 Å². The molecule has 36 heavy (non-hydrogen) atoms. The Morgan fingerprint density at radius 1 is 1.08 bits per heavy atom. The Morgan fingerprint density at radius 2 is 1.83 bits per heavy atom. The molecule has 0 aromatic heterocycles. The molecule has 0 bridgehead atoms. The van der Waals surface area contributed by atoms with E-state index in [1.54, 1.807) is 19.2 Å². The molecule has 1 heterocycles. The number of rotatable bonds is 8. The summed E-state index contributed by atoms with van der Waals surface area (Å²) >= 11 is 0. The molecular formula is C28H35N3O5. The Kier molecular flexibility index (Phi) is 7.24. The molecule has 4 amide bonds. The second-order valence-corrected chi connectivity index (χ2v) is 10.8. The van der Waals surface area contributed by atoms with Gasteiger partial charge in [-0.3, -0.25) is 14.5 Å². The summed E-state index contributed by atoms with van der Waals surface area (Å²) in [4.78, 5) is 39.6. The van der Waals surface area contributed by atoms with E-state index in [4.69, 9.17) is 9.47 Å². The fourth-order valence-electron chi connectivity index (χ4n) is 5.73. The highest BCUT2D eigenvalue weighted by Crippen LogP contribution is 2.46. The quantitative estimate of drug-likeness (QED) is 0.542. The van der Waals surface area contributed by atoms with Crippen molar-refractivity contribution in [2.24, 2.45) is 11.3 Å². The maximum absolute atomic E-state index is 13.3. The molecule has 1 saturated carbocycles. The van der Waals surface area contributed by atoms with Gasteiger partial charge in [0.25, 0.3) is 5.91 Å². The van der Waals surface area contributed by atoms with Crippen LogP contribution in [0.15, 0.2) is 48.5 Å². The summed E-state index contributed by atoms with van der Waals surface area (Å²) in [5.41, 5.74) is 0.879. The van der Waals surface area contributed by atoms with E-state index < -0.39 is 17.5 Å². The number of hydrogen-bond donors (Lipinski definition) is 2. The molecule has 8 nitrogen and oxygen atoms in total. The molecule has 2 N–H and O–H groups in total. The summed E-state index contributed by atoms with van der Waals surface area (Å²) in [7, 11) is 1.56. The van der Waals surface area contributed by atoms with Crippen molar-refractivity contribution in [1.29, 1.82) is 0 Å². The van der Waals surface area contributed by atoms with Crippen LogP contribution in [0.25, 0.3) is 0 Å². The lowest BCUT2D eigenvalue weighted by atomic mass is 9.64. The average Bonchev–Trinajstić information content (AvgIpc) is 3.03. The van der Waals surface area contributed by atoms with E-state index >= 15 is 0 Å². The number of imide groups is 1. The highest BCUT2D eigenvalue weighted by atomic mass is 16.5. The third-order valence-corrected chi connectivity index (χ3v) is 6.88. The maximum Gasteiger partial charge on any atom is 0.325 e. The molecule has 1 spiro atoms. The zero-order valence-electron chi connectivity index (χ0n) is 21.4. The Balaban J connectivity index is 1.34. The molecular weight excluding hydrogens is 458 g/mol. The van der Waals surface area contributed by atoms with E-state index in [9.17, 15) is 14.4 Å². The normalized spacial score (nSPS) is 22.9. The van der Waals surface area contributed by atoms with Crippen molar-refractivity contribution in [3.63, 3.8) is 0 Å². The second-order valence-electron chi connectivity index (χ2n) is 10.8. The van der Waals surface area contributed by atoms with Crippen LogP contribution in [0.5, 0.6) is 11.5 Å². The fraction of sp³-hybridized carbons (Fsp3) is 0.464. The van der Waals surface area contributed by atoms with Gasteiger partial charge in [-0.2, -0.15) is 0 Å². The highest BCUT2D eigenvalue weighted by molar-refractivity contribution is 6.09. The molecule has 2 aliphatic rings. The molecule has 0 radical (unpaired) electrons. The van der Waals surface area contributed by atoms with E-state index in [-0.39, 0.29) is 24.4 Å². The van der Waals surface area contributed by atoms with Gasteiger partial charge in [-0.25, -0.2) is 4.79 Å². The summed E-state index contributed by atoms with van der Waals surface area (Å²) in [6, 6.07) is 14.8. The van der Waals surface area contributed by atoms with Gasteiger partial charge < -0.3 is 20.1 Å². The number of methoxy groups -OCH3 is 1. The van der Waals surface area contributed by atoms with Gasteiger partial charge in [0.15, 0.2) is 11.5 Å². The Bertz CT molecular complexity index is 1130. The van der Waals surface area contributed by atoms with E-state index in [1.165, 1.54) is 0 Å². The third-order valence-electron chi connectivity index (χ3n) is 6.88. The zero-order valence-corrected chi connectivity index (χ0v) is 21.4. The van der Waals surface area contributed by atoms with Crippen LogP contribution in [0.4, 0.5) is 4.79 Å². The van der Waals surface area contributed by atoms with Gasteiger partial charge in [-0.1, -0.05) is 57.2 Å². The number of amides is 4. The number of nitrogens with one attached hydrogen (secondary N) is 2. The number of carbonyl (C=O) groups excluding carboxylic acids is 3. The van der Waals surface area contributed by atoms with Crippen LogP contribution in [0.2, 0.25) is 0 Å². The average molecular weight is 494 g/mol. The van der Waals surface area contributed by atoms with Crippen LogP contribution in [0.3, 0.4) is 0 Å². The van der Waals surface area contributed by atoms with E-state index in [2.05, 4.69) is 31.4 Å². The van der Waals surface area contributed by atoms with Crippen molar-refractivity contribution in [2.45, 2.75) is 58.7 Å². The number of carbonyl (C=O) groups is 3. The van der Waals surface area contributed by atoms with Crippen LogP contribution in [-0.4, -0.2) is 41.9 Å². The maximum atomic E-state index is 13.3. The van der Waals surface area contributed by atoms with Crippen LogP contribution in [-0.2, 0) is 22.7 Å². The lowest BCUT2D eigenvalue weighted by Gasteiger charge is -2.43. The van der Waals surface area contributed by atoms with Crippen molar-refractivity contribution < 1.29 is 23.9 Å². The zero-order chi connectivity index (χ0) is 25.9. The molecule has 2 unspecified atom stereocenters. The second kappa shape index (κ2) is 10.2.